The lowest BCUT2D eigenvalue weighted by Gasteiger charge is -2.20. The molecule has 7 heteroatoms. The zero-order valence-corrected chi connectivity index (χ0v) is 13.1. The fraction of sp³-hybridized carbons (Fsp3) is 0.412. The topological polar surface area (TPSA) is 76.5 Å². The van der Waals surface area contributed by atoms with E-state index >= 15 is 0 Å². The van der Waals surface area contributed by atoms with E-state index in [-0.39, 0.29) is 11.9 Å². The van der Waals surface area contributed by atoms with E-state index < -0.39 is 0 Å². The molecule has 7 nitrogen and oxygen atoms in total. The van der Waals surface area contributed by atoms with E-state index in [0.29, 0.717) is 24.0 Å². The summed E-state index contributed by atoms with van der Waals surface area (Å²) in [4.78, 5) is 23.7. The first-order chi connectivity index (χ1) is 11.8. The van der Waals surface area contributed by atoms with Gasteiger partial charge >= 0.3 is 0 Å². The maximum Gasteiger partial charge on any atom is 0.274 e. The van der Waals surface area contributed by atoms with E-state index in [2.05, 4.69) is 15.1 Å². The Balaban J connectivity index is 1.44. The Morgan fingerprint density at radius 3 is 2.96 bits per heavy atom. The van der Waals surface area contributed by atoms with Crippen LogP contribution in [0.15, 0.2) is 35.1 Å². The number of fused-ring (bicyclic) bond motifs is 1. The van der Waals surface area contributed by atoms with Crippen molar-refractivity contribution < 1.29 is 9.32 Å². The quantitative estimate of drug-likeness (QED) is 0.740. The monoisotopic (exact) mass is 323 g/mol. The van der Waals surface area contributed by atoms with Crippen LogP contribution in [0.4, 0.5) is 0 Å². The molecule has 1 unspecified atom stereocenters. The number of carbonyl (C=O) groups excluding carboxylic acids is 1. The third-order valence-electron chi connectivity index (χ3n) is 4.78. The smallest absolute Gasteiger partial charge is 0.274 e. The molecule has 3 aromatic heterocycles. The molecule has 1 aliphatic heterocycles. The molecule has 4 heterocycles. The minimum atomic E-state index is -0.112. The summed E-state index contributed by atoms with van der Waals surface area (Å²) in [6.45, 7) is 0.699. The standard InChI is InChI=1S/C17H17N5O2/c23-17(12-10-21-8-2-1-5-14(21)18-12)22-9-3-4-13(22)15-19-16(24-20-15)11-6-7-11/h1-2,5,8,10-11,13H,3-4,6-7,9H2. The molecule has 2 aliphatic rings. The molecule has 1 saturated carbocycles. The lowest BCUT2D eigenvalue weighted by Crippen LogP contribution is -2.31. The van der Waals surface area contributed by atoms with Gasteiger partial charge < -0.3 is 13.8 Å². The van der Waals surface area contributed by atoms with Crippen LogP contribution < -0.4 is 0 Å². The van der Waals surface area contributed by atoms with Gasteiger partial charge in [0.15, 0.2) is 5.82 Å². The van der Waals surface area contributed by atoms with E-state index in [0.717, 1.165) is 37.2 Å². The zero-order valence-electron chi connectivity index (χ0n) is 13.1. The van der Waals surface area contributed by atoms with Gasteiger partial charge in [-0.1, -0.05) is 11.2 Å². The largest absolute Gasteiger partial charge is 0.339 e. The normalized spacial score (nSPS) is 20.8. The Morgan fingerprint density at radius 2 is 2.12 bits per heavy atom. The third kappa shape index (κ3) is 2.19. The summed E-state index contributed by atoms with van der Waals surface area (Å²) in [6.07, 6.45) is 7.72. The van der Waals surface area contributed by atoms with Gasteiger partial charge in [0.2, 0.25) is 5.89 Å². The van der Waals surface area contributed by atoms with Crippen molar-refractivity contribution in [2.24, 2.45) is 0 Å². The Bertz CT molecular complexity index is 877. The molecular weight excluding hydrogens is 306 g/mol. The first-order valence-corrected chi connectivity index (χ1v) is 8.38. The molecule has 2 fully saturated rings. The summed E-state index contributed by atoms with van der Waals surface area (Å²) < 4.78 is 7.22. The first kappa shape index (κ1) is 13.7. The zero-order chi connectivity index (χ0) is 16.1. The SMILES string of the molecule is O=C(c1cn2ccccc2n1)N1CCCC1c1noc(C2CC2)n1. The van der Waals surface area contributed by atoms with Gasteiger partial charge in [-0.2, -0.15) is 4.98 Å². The van der Waals surface area contributed by atoms with Gasteiger partial charge in [0.25, 0.3) is 5.91 Å². The van der Waals surface area contributed by atoms with Crippen LogP contribution in [0.2, 0.25) is 0 Å². The number of rotatable bonds is 3. The van der Waals surface area contributed by atoms with E-state index in [1.807, 2.05) is 33.7 Å². The lowest BCUT2D eigenvalue weighted by molar-refractivity contribution is 0.0723. The minimum Gasteiger partial charge on any atom is -0.339 e. The van der Waals surface area contributed by atoms with Crippen molar-refractivity contribution >= 4 is 11.6 Å². The fourth-order valence-corrected chi connectivity index (χ4v) is 3.34. The number of imidazole rings is 1. The van der Waals surface area contributed by atoms with Crippen molar-refractivity contribution in [3.05, 3.63) is 48.0 Å². The summed E-state index contributed by atoms with van der Waals surface area (Å²) in [5.74, 6) is 1.71. The maximum atomic E-state index is 12.9. The molecule has 0 spiro atoms. The summed E-state index contributed by atoms with van der Waals surface area (Å²) in [5, 5.41) is 4.12. The Morgan fingerprint density at radius 1 is 1.21 bits per heavy atom. The Labute approximate surface area is 138 Å². The average Bonchev–Trinajstić information content (AvgIpc) is 3.06. The second-order valence-electron chi connectivity index (χ2n) is 6.51. The average molecular weight is 323 g/mol. The van der Waals surface area contributed by atoms with Crippen LogP contribution in [-0.4, -0.2) is 36.9 Å². The van der Waals surface area contributed by atoms with Crippen molar-refractivity contribution in [2.75, 3.05) is 6.54 Å². The number of hydrogen-bond donors (Lipinski definition) is 0. The van der Waals surface area contributed by atoms with Gasteiger partial charge in [0.05, 0.1) is 6.04 Å². The summed E-state index contributed by atoms with van der Waals surface area (Å²) in [6, 6.07) is 5.60. The van der Waals surface area contributed by atoms with Crippen LogP contribution in [0.25, 0.3) is 5.65 Å². The van der Waals surface area contributed by atoms with Gasteiger partial charge in [0.1, 0.15) is 11.3 Å². The molecule has 1 atom stereocenters. The highest BCUT2D eigenvalue weighted by Crippen LogP contribution is 2.40. The summed E-state index contributed by atoms with van der Waals surface area (Å²) >= 11 is 0. The number of hydrogen-bond acceptors (Lipinski definition) is 5. The van der Waals surface area contributed by atoms with Crippen molar-refractivity contribution in [1.29, 1.82) is 0 Å². The molecule has 0 radical (unpaired) electrons. The maximum absolute atomic E-state index is 12.9. The van der Waals surface area contributed by atoms with Gasteiger partial charge in [-0.3, -0.25) is 4.79 Å². The number of aromatic nitrogens is 4. The van der Waals surface area contributed by atoms with Crippen LogP contribution in [-0.2, 0) is 0 Å². The van der Waals surface area contributed by atoms with Crippen molar-refractivity contribution in [3.8, 4) is 0 Å². The molecule has 0 aromatic carbocycles. The third-order valence-corrected chi connectivity index (χ3v) is 4.78. The van der Waals surface area contributed by atoms with E-state index in [1.165, 1.54) is 0 Å². The van der Waals surface area contributed by atoms with Crippen LogP contribution >= 0.6 is 0 Å². The van der Waals surface area contributed by atoms with Crippen LogP contribution in [0.3, 0.4) is 0 Å². The highest BCUT2D eigenvalue weighted by molar-refractivity contribution is 5.93. The van der Waals surface area contributed by atoms with Crippen molar-refractivity contribution in [2.45, 2.75) is 37.6 Å². The van der Waals surface area contributed by atoms with Crippen LogP contribution in [0.5, 0.6) is 0 Å². The minimum absolute atomic E-state index is 0.0704. The van der Waals surface area contributed by atoms with E-state index in [4.69, 9.17) is 4.52 Å². The molecule has 1 amide bonds. The van der Waals surface area contributed by atoms with Crippen LogP contribution in [0, 0.1) is 0 Å². The molecular formula is C17H17N5O2. The second kappa shape index (κ2) is 5.15. The molecule has 24 heavy (non-hydrogen) atoms. The number of likely N-dealkylation sites (tertiary alicyclic amines) is 1. The van der Waals surface area contributed by atoms with E-state index in [1.54, 1.807) is 6.20 Å². The van der Waals surface area contributed by atoms with E-state index in [9.17, 15) is 4.79 Å². The van der Waals surface area contributed by atoms with Crippen LogP contribution in [0.1, 0.15) is 59.8 Å². The predicted octanol–water partition coefficient (Wildman–Crippen LogP) is 2.57. The summed E-state index contributed by atoms with van der Waals surface area (Å²) in [7, 11) is 0. The molecule has 122 valence electrons. The summed E-state index contributed by atoms with van der Waals surface area (Å²) in [5.41, 5.74) is 1.23. The van der Waals surface area contributed by atoms with Gasteiger partial charge in [-0.05, 0) is 37.8 Å². The highest BCUT2D eigenvalue weighted by Gasteiger charge is 2.37. The molecule has 0 bridgehead atoms. The highest BCUT2D eigenvalue weighted by atomic mass is 16.5. The molecule has 3 aromatic rings. The molecule has 0 N–H and O–H groups in total. The number of pyridine rings is 1. The second-order valence-corrected chi connectivity index (χ2v) is 6.51. The fourth-order valence-electron chi connectivity index (χ4n) is 3.34. The number of nitrogens with zero attached hydrogens (tertiary/aromatic N) is 5. The molecule has 5 rings (SSSR count). The van der Waals surface area contributed by atoms with Gasteiger partial charge in [-0.15, -0.1) is 0 Å². The number of amides is 1. The van der Waals surface area contributed by atoms with Crippen molar-refractivity contribution in [1.82, 2.24) is 24.4 Å². The first-order valence-electron chi connectivity index (χ1n) is 8.38. The molecule has 1 saturated heterocycles. The van der Waals surface area contributed by atoms with Gasteiger partial charge in [0, 0.05) is 24.9 Å². The predicted molar refractivity (Wildman–Crippen MR) is 84.5 cm³/mol. The Hall–Kier alpha value is -2.70. The Kier molecular flexibility index (Phi) is 2.95. The number of carbonyl (C=O) groups is 1. The van der Waals surface area contributed by atoms with Gasteiger partial charge in [-0.25, -0.2) is 4.98 Å². The molecule has 1 aliphatic carbocycles. The van der Waals surface area contributed by atoms with Crippen molar-refractivity contribution in [3.63, 3.8) is 0 Å². The lowest BCUT2D eigenvalue weighted by atomic mass is 10.2.